The molecule has 43 heavy (non-hydrogen) atoms. The lowest BCUT2D eigenvalue weighted by Gasteiger charge is -2.24. The van der Waals surface area contributed by atoms with Crippen LogP contribution in [0.3, 0.4) is 0 Å². The van der Waals surface area contributed by atoms with Gasteiger partial charge in [-0.25, -0.2) is 9.79 Å². The van der Waals surface area contributed by atoms with Crippen LogP contribution in [0.15, 0.2) is 100 Å². The highest BCUT2D eigenvalue weighted by Gasteiger charge is 2.33. The van der Waals surface area contributed by atoms with E-state index in [9.17, 15) is 9.59 Å². The third-order valence-electron chi connectivity index (χ3n) is 6.63. The molecule has 4 aromatic rings. The van der Waals surface area contributed by atoms with Crippen LogP contribution in [0, 0.1) is 7.14 Å². The summed E-state index contributed by atoms with van der Waals surface area (Å²) in [4.78, 5) is 32.3. The highest BCUT2D eigenvalue weighted by Crippen LogP contribution is 2.32. The summed E-state index contributed by atoms with van der Waals surface area (Å²) in [6.45, 7) is 8.26. The standard InChI is InChI=1S/C33H28I2N2O5S/c1-4-15-41-24-13-11-23(12-14-24)29-28(32(39)40-5-2)20(3)36-33-37(29)31(38)27(43-33)18-22-16-25(34)30(26(35)17-22)42-19-21-9-7-6-8-10-21/h4,6-14,16-18,29H,1,5,15,19H2,2-3H3/b27-18-/t29-/m1/s1. The Hall–Kier alpha value is -3.23. The molecule has 10 heteroatoms. The maximum Gasteiger partial charge on any atom is 0.338 e. The Morgan fingerprint density at radius 3 is 2.42 bits per heavy atom. The topological polar surface area (TPSA) is 79.1 Å². The quantitative estimate of drug-likeness (QED) is 0.109. The Bertz CT molecular complexity index is 1860. The van der Waals surface area contributed by atoms with Gasteiger partial charge in [-0.1, -0.05) is 66.5 Å². The molecule has 2 heterocycles. The van der Waals surface area contributed by atoms with Crippen molar-refractivity contribution in [1.82, 2.24) is 4.57 Å². The molecule has 0 aliphatic carbocycles. The fourth-order valence-corrected chi connectivity index (χ4v) is 7.86. The first kappa shape index (κ1) is 31.2. The van der Waals surface area contributed by atoms with Gasteiger partial charge in [0.2, 0.25) is 0 Å². The molecule has 3 aromatic carbocycles. The lowest BCUT2D eigenvalue weighted by molar-refractivity contribution is -0.139. The van der Waals surface area contributed by atoms with Crippen molar-refractivity contribution >= 4 is 68.6 Å². The monoisotopic (exact) mass is 818 g/mol. The van der Waals surface area contributed by atoms with Gasteiger partial charge in [-0.3, -0.25) is 9.36 Å². The molecule has 0 bridgehead atoms. The molecule has 0 spiro atoms. The van der Waals surface area contributed by atoms with Crippen LogP contribution in [0.25, 0.3) is 6.08 Å². The SMILES string of the molecule is C=CCOc1ccc([C@@H]2C(C(=O)OCC)=C(C)N=c3s/c(=C\c4cc(I)c(OCc5ccccc5)c(I)c4)c(=O)n32)cc1. The predicted octanol–water partition coefficient (Wildman–Crippen LogP) is 6.15. The molecule has 0 N–H and O–H groups in total. The van der Waals surface area contributed by atoms with Gasteiger partial charge >= 0.3 is 5.97 Å². The van der Waals surface area contributed by atoms with E-state index in [-0.39, 0.29) is 12.2 Å². The van der Waals surface area contributed by atoms with Gasteiger partial charge in [-0.2, -0.15) is 0 Å². The van der Waals surface area contributed by atoms with Crippen molar-refractivity contribution in [2.75, 3.05) is 13.2 Å². The Kier molecular flexibility index (Phi) is 10.2. The number of thiazole rings is 1. The van der Waals surface area contributed by atoms with Crippen molar-refractivity contribution in [1.29, 1.82) is 0 Å². The van der Waals surface area contributed by atoms with Crippen LogP contribution in [-0.4, -0.2) is 23.8 Å². The highest BCUT2D eigenvalue weighted by molar-refractivity contribution is 14.1. The van der Waals surface area contributed by atoms with E-state index < -0.39 is 12.0 Å². The van der Waals surface area contributed by atoms with Crippen LogP contribution in [0.4, 0.5) is 0 Å². The smallest absolute Gasteiger partial charge is 0.338 e. The molecule has 0 saturated carbocycles. The number of allylic oxidation sites excluding steroid dienone is 1. The first-order valence-corrected chi connectivity index (χ1v) is 16.5. The van der Waals surface area contributed by atoms with E-state index in [4.69, 9.17) is 14.2 Å². The first-order chi connectivity index (χ1) is 20.8. The second-order valence-corrected chi connectivity index (χ2v) is 12.9. The van der Waals surface area contributed by atoms with Crippen LogP contribution < -0.4 is 24.4 Å². The largest absolute Gasteiger partial charge is 0.490 e. The second-order valence-electron chi connectivity index (χ2n) is 9.56. The van der Waals surface area contributed by atoms with Crippen LogP contribution >= 0.6 is 56.5 Å². The summed E-state index contributed by atoms with van der Waals surface area (Å²) < 4.78 is 21.2. The second kappa shape index (κ2) is 14.0. The summed E-state index contributed by atoms with van der Waals surface area (Å²) in [6, 6.07) is 20.7. The Morgan fingerprint density at radius 2 is 1.77 bits per heavy atom. The summed E-state index contributed by atoms with van der Waals surface area (Å²) >= 11 is 5.82. The number of esters is 1. The van der Waals surface area contributed by atoms with Gasteiger partial charge in [0.05, 0.1) is 35.6 Å². The summed E-state index contributed by atoms with van der Waals surface area (Å²) in [6.07, 6.45) is 3.53. The molecular formula is C33H28I2N2O5S. The lowest BCUT2D eigenvalue weighted by atomic mass is 9.96. The maximum absolute atomic E-state index is 14.0. The Labute approximate surface area is 280 Å². The third kappa shape index (κ3) is 6.96. The molecule has 1 aliphatic heterocycles. The van der Waals surface area contributed by atoms with E-state index in [0.717, 1.165) is 29.6 Å². The number of nitrogens with zero attached hydrogens (tertiary/aromatic N) is 2. The van der Waals surface area contributed by atoms with Gasteiger partial charge in [0, 0.05) is 0 Å². The van der Waals surface area contributed by atoms with Gasteiger partial charge in [0.1, 0.15) is 24.7 Å². The van der Waals surface area contributed by atoms with Gasteiger partial charge in [0.25, 0.3) is 5.56 Å². The number of carbonyl (C=O) groups is 1. The molecule has 1 aliphatic rings. The van der Waals surface area contributed by atoms with E-state index in [1.807, 2.05) is 72.8 Å². The highest BCUT2D eigenvalue weighted by atomic mass is 127. The minimum atomic E-state index is -0.695. The zero-order valence-electron chi connectivity index (χ0n) is 23.5. The van der Waals surface area contributed by atoms with Gasteiger partial charge < -0.3 is 14.2 Å². The number of halogens is 2. The number of carbonyl (C=O) groups excluding carboxylic acids is 1. The van der Waals surface area contributed by atoms with Crippen LogP contribution in [-0.2, 0) is 16.1 Å². The molecule has 0 fully saturated rings. The number of fused-ring (bicyclic) bond motifs is 1. The molecule has 5 rings (SSSR count). The van der Waals surface area contributed by atoms with E-state index in [0.29, 0.717) is 39.6 Å². The zero-order chi connectivity index (χ0) is 30.5. The fourth-order valence-electron chi connectivity index (χ4n) is 4.69. The average Bonchev–Trinajstić information content (AvgIpc) is 3.29. The molecular weight excluding hydrogens is 790 g/mol. The number of aromatic nitrogens is 1. The van der Waals surface area contributed by atoms with Crippen molar-refractivity contribution < 1.29 is 19.0 Å². The fraction of sp³-hybridized carbons (Fsp3) is 0.182. The Morgan fingerprint density at radius 1 is 1.07 bits per heavy atom. The van der Waals surface area contributed by atoms with E-state index >= 15 is 0 Å². The first-order valence-electron chi connectivity index (χ1n) is 13.5. The summed E-state index contributed by atoms with van der Waals surface area (Å²) in [5.74, 6) is 0.971. The number of hydrogen-bond acceptors (Lipinski definition) is 7. The van der Waals surface area contributed by atoms with Gasteiger partial charge in [0.15, 0.2) is 4.80 Å². The molecule has 7 nitrogen and oxygen atoms in total. The molecule has 220 valence electrons. The number of ether oxygens (including phenoxy) is 3. The minimum Gasteiger partial charge on any atom is -0.490 e. The van der Waals surface area contributed by atoms with E-state index in [1.54, 1.807) is 24.5 Å². The van der Waals surface area contributed by atoms with E-state index in [2.05, 4.69) is 56.8 Å². The Balaban J connectivity index is 1.55. The van der Waals surface area contributed by atoms with Crippen molar-refractivity contribution in [2.45, 2.75) is 26.5 Å². The van der Waals surface area contributed by atoms with Crippen LogP contribution in [0.1, 0.15) is 36.6 Å². The van der Waals surface area contributed by atoms with Crippen molar-refractivity contribution in [2.24, 2.45) is 4.99 Å². The molecule has 0 unspecified atom stereocenters. The summed E-state index contributed by atoms with van der Waals surface area (Å²) in [7, 11) is 0. The number of benzene rings is 3. The average molecular weight is 818 g/mol. The third-order valence-corrected chi connectivity index (χ3v) is 9.21. The van der Waals surface area contributed by atoms with Gasteiger partial charge in [-0.05, 0) is 106 Å². The van der Waals surface area contributed by atoms with Gasteiger partial charge in [-0.15, -0.1) is 0 Å². The van der Waals surface area contributed by atoms with E-state index in [1.165, 1.54) is 11.3 Å². The summed E-state index contributed by atoms with van der Waals surface area (Å²) in [5, 5.41) is 0. The zero-order valence-corrected chi connectivity index (χ0v) is 28.6. The van der Waals surface area contributed by atoms with Crippen molar-refractivity contribution in [3.8, 4) is 11.5 Å². The molecule has 0 saturated heterocycles. The normalized spacial score (nSPS) is 14.6. The number of rotatable bonds is 10. The molecule has 0 radical (unpaired) electrons. The lowest BCUT2D eigenvalue weighted by Crippen LogP contribution is -2.39. The number of hydrogen-bond donors (Lipinski definition) is 0. The van der Waals surface area contributed by atoms with Crippen molar-refractivity contribution in [3.63, 3.8) is 0 Å². The minimum absolute atomic E-state index is 0.212. The van der Waals surface area contributed by atoms with Crippen LogP contribution in [0.5, 0.6) is 11.5 Å². The maximum atomic E-state index is 14.0. The molecule has 1 aromatic heterocycles. The van der Waals surface area contributed by atoms with Crippen LogP contribution in [0.2, 0.25) is 0 Å². The predicted molar refractivity (Wildman–Crippen MR) is 185 cm³/mol. The molecule has 0 amide bonds. The summed E-state index contributed by atoms with van der Waals surface area (Å²) in [5.41, 5.74) is 3.33. The van der Waals surface area contributed by atoms with Crippen molar-refractivity contribution in [3.05, 3.63) is 134 Å². The molecule has 1 atom stereocenters.